The van der Waals surface area contributed by atoms with E-state index in [0.717, 1.165) is 17.7 Å². The van der Waals surface area contributed by atoms with Gasteiger partial charge in [0, 0.05) is 18.7 Å². The molecule has 0 spiro atoms. The van der Waals surface area contributed by atoms with Crippen LogP contribution >= 0.6 is 11.6 Å². The predicted octanol–water partition coefficient (Wildman–Crippen LogP) is 1.94. The molecule has 0 fully saturated rings. The second kappa shape index (κ2) is 6.38. The maximum absolute atomic E-state index is 6.21. The Bertz CT molecular complexity index is 363. The average molecular weight is 260 g/mol. The number of hydrogen-bond acceptors (Lipinski definition) is 3. The molecule has 0 aliphatic heterocycles. The highest BCUT2D eigenvalue weighted by molar-refractivity contribution is 6.30. The zero-order valence-corrected chi connectivity index (χ0v) is 12.0. The van der Waals surface area contributed by atoms with Gasteiger partial charge in [0.15, 0.2) is 0 Å². The van der Waals surface area contributed by atoms with Gasteiger partial charge >= 0.3 is 0 Å². The second-order valence-electron chi connectivity index (χ2n) is 4.55. The van der Waals surface area contributed by atoms with Gasteiger partial charge in [-0.25, -0.2) is 0 Å². The number of nitrogens with zero attached hydrogens (tertiary/aromatic N) is 2. The normalized spacial score (nSPS) is 13.4. The van der Waals surface area contributed by atoms with Crippen molar-refractivity contribution in [1.29, 1.82) is 0 Å². The number of hydrogen-bond donors (Lipinski definition) is 1. The smallest absolute Gasteiger partial charge is 0.130 e. The Balaban J connectivity index is 2.67. The average Bonchev–Trinajstić information content (AvgIpc) is 2.49. The molecule has 1 N–H and O–H groups in total. The van der Waals surface area contributed by atoms with Gasteiger partial charge in [0.25, 0.3) is 0 Å². The van der Waals surface area contributed by atoms with Crippen molar-refractivity contribution in [3.8, 4) is 0 Å². The number of aryl methyl sites for hydroxylation is 2. The van der Waals surface area contributed by atoms with E-state index < -0.39 is 0 Å². The fraction of sp³-hybridized carbons (Fsp3) is 0.750. The number of nitrogens with one attached hydrogen (secondary N) is 1. The molecule has 0 amide bonds. The first kappa shape index (κ1) is 14.5. The summed E-state index contributed by atoms with van der Waals surface area (Å²) in [6.45, 7) is 6.74. The van der Waals surface area contributed by atoms with E-state index in [-0.39, 0.29) is 12.1 Å². The van der Waals surface area contributed by atoms with Crippen LogP contribution in [0.1, 0.15) is 25.1 Å². The van der Waals surface area contributed by atoms with E-state index in [1.165, 1.54) is 0 Å². The molecule has 0 aliphatic carbocycles. The van der Waals surface area contributed by atoms with Crippen molar-refractivity contribution in [2.24, 2.45) is 7.05 Å². The fourth-order valence-corrected chi connectivity index (χ4v) is 1.96. The van der Waals surface area contributed by atoms with Crippen molar-refractivity contribution in [2.75, 3.05) is 13.7 Å². The Morgan fingerprint density at radius 3 is 2.53 bits per heavy atom. The number of likely N-dealkylation sites (N-methyl/N-ethyl adjacent to an activating group) is 1. The summed E-state index contributed by atoms with van der Waals surface area (Å²) in [4.78, 5) is 0. The lowest BCUT2D eigenvalue weighted by molar-refractivity contribution is 0.0627. The first-order chi connectivity index (χ1) is 7.95. The summed E-state index contributed by atoms with van der Waals surface area (Å²) in [5, 5.41) is 8.27. The van der Waals surface area contributed by atoms with Gasteiger partial charge in [0.05, 0.1) is 18.4 Å². The summed E-state index contributed by atoms with van der Waals surface area (Å²) >= 11 is 6.21. The lowest BCUT2D eigenvalue weighted by Gasteiger charge is -2.18. The SMILES string of the molecule is CNC(COC(C)C)Cc1c(C)nn(C)c1Cl. The van der Waals surface area contributed by atoms with E-state index in [4.69, 9.17) is 16.3 Å². The predicted molar refractivity (Wildman–Crippen MR) is 70.6 cm³/mol. The van der Waals surface area contributed by atoms with Crippen molar-refractivity contribution < 1.29 is 4.74 Å². The van der Waals surface area contributed by atoms with Crippen LogP contribution in [-0.2, 0) is 18.2 Å². The monoisotopic (exact) mass is 259 g/mol. The summed E-state index contributed by atoms with van der Waals surface area (Å²) in [5.41, 5.74) is 2.09. The van der Waals surface area contributed by atoms with Crippen LogP contribution in [0.2, 0.25) is 5.15 Å². The van der Waals surface area contributed by atoms with Gasteiger partial charge in [-0.1, -0.05) is 11.6 Å². The highest BCUT2D eigenvalue weighted by atomic mass is 35.5. The van der Waals surface area contributed by atoms with Crippen LogP contribution in [0.25, 0.3) is 0 Å². The maximum atomic E-state index is 6.21. The van der Waals surface area contributed by atoms with Gasteiger partial charge in [-0.05, 0) is 34.2 Å². The molecule has 17 heavy (non-hydrogen) atoms. The molecule has 1 rings (SSSR count). The first-order valence-electron chi connectivity index (χ1n) is 5.92. The topological polar surface area (TPSA) is 39.1 Å². The van der Waals surface area contributed by atoms with Gasteiger partial charge in [-0.2, -0.15) is 5.10 Å². The summed E-state index contributed by atoms with van der Waals surface area (Å²) in [6, 6.07) is 0.262. The Morgan fingerprint density at radius 2 is 2.12 bits per heavy atom. The third kappa shape index (κ3) is 3.98. The third-order valence-corrected chi connectivity index (χ3v) is 3.23. The molecular weight excluding hydrogens is 238 g/mol. The molecule has 0 aliphatic rings. The van der Waals surface area contributed by atoms with Crippen LogP contribution in [-0.4, -0.2) is 35.6 Å². The molecule has 1 heterocycles. The Hall–Kier alpha value is -0.580. The molecule has 0 saturated heterocycles. The van der Waals surface area contributed by atoms with E-state index >= 15 is 0 Å². The quantitative estimate of drug-likeness (QED) is 0.849. The molecule has 0 bridgehead atoms. The minimum absolute atomic E-state index is 0.247. The molecule has 0 aromatic carbocycles. The summed E-state index contributed by atoms with van der Waals surface area (Å²) < 4.78 is 7.33. The summed E-state index contributed by atoms with van der Waals surface area (Å²) in [5.74, 6) is 0. The third-order valence-electron chi connectivity index (χ3n) is 2.76. The molecule has 98 valence electrons. The number of ether oxygens (including phenoxy) is 1. The Labute approximate surface area is 108 Å². The van der Waals surface area contributed by atoms with E-state index in [2.05, 4.69) is 10.4 Å². The lowest BCUT2D eigenvalue weighted by atomic mass is 10.1. The number of rotatable bonds is 6. The molecule has 5 heteroatoms. The summed E-state index contributed by atoms with van der Waals surface area (Å²) in [7, 11) is 3.80. The Morgan fingerprint density at radius 1 is 1.47 bits per heavy atom. The van der Waals surface area contributed by atoms with E-state index in [9.17, 15) is 0 Å². The minimum Gasteiger partial charge on any atom is -0.377 e. The maximum Gasteiger partial charge on any atom is 0.130 e. The number of aromatic nitrogens is 2. The molecule has 4 nitrogen and oxygen atoms in total. The van der Waals surface area contributed by atoms with E-state index in [1.54, 1.807) is 4.68 Å². The van der Waals surface area contributed by atoms with Crippen molar-refractivity contribution in [2.45, 2.75) is 39.3 Å². The van der Waals surface area contributed by atoms with Gasteiger partial charge in [-0.15, -0.1) is 0 Å². The molecular formula is C12H22ClN3O. The van der Waals surface area contributed by atoms with Crippen LogP contribution in [0.15, 0.2) is 0 Å². The first-order valence-corrected chi connectivity index (χ1v) is 6.30. The van der Waals surface area contributed by atoms with Gasteiger partial charge in [-0.3, -0.25) is 4.68 Å². The molecule has 0 radical (unpaired) electrons. The fourth-order valence-electron chi connectivity index (χ4n) is 1.71. The molecule has 1 aromatic heterocycles. The zero-order valence-electron chi connectivity index (χ0n) is 11.2. The highest BCUT2D eigenvalue weighted by Gasteiger charge is 2.16. The van der Waals surface area contributed by atoms with E-state index in [0.29, 0.717) is 11.8 Å². The van der Waals surface area contributed by atoms with Gasteiger partial charge in [0.1, 0.15) is 5.15 Å². The van der Waals surface area contributed by atoms with Crippen LogP contribution < -0.4 is 5.32 Å². The van der Waals surface area contributed by atoms with E-state index in [1.807, 2.05) is 34.9 Å². The lowest BCUT2D eigenvalue weighted by Crippen LogP contribution is -2.33. The molecule has 0 saturated carbocycles. The van der Waals surface area contributed by atoms with Crippen molar-refractivity contribution in [3.05, 3.63) is 16.4 Å². The largest absolute Gasteiger partial charge is 0.377 e. The van der Waals surface area contributed by atoms with Crippen LogP contribution in [0.3, 0.4) is 0 Å². The minimum atomic E-state index is 0.247. The van der Waals surface area contributed by atoms with Gasteiger partial charge < -0.3 is 10.1 Å². The molecule has 1 atom stereocenters. The van der Waals surface area contributed by atoms with Gasteiger partial charge in [0.2, 0.25) is 0 Å². The standard InChI is InChI=1S/C12H22ClN3O/c1-8(2)17-7-10(14-4)6-11-9(3)15-16(5)12(11)13/h8,10,14H,6-7H2,1-5H3. The molecule has 1 aromatic rings. The Kier molecular flexibility index (Phi) is 5.43. The van der Waals surface area contributed by atoms with Crippen molar-refractivity contribution in [1.82, 2.24) is 15.1 Å². The summed E-state index contributed by atoms with van der Waals surface area (Å²) in [6.07, 6.45) is 1.08. The van der Waals surface area contributed by atoms with Crippen LogP contribution in [0, 0.1) is 6.92 Å². The second-order valence-corrected chi connectivity index (χ2v) is 4.91. The van der Waals surface area contributed by atoms with Crippen molar-refractivity contribution >= 4 is 11.6 Å². The highest BCUT2D eigenvalue weighted by Crippen LogP contribution is 2.20. The van der Waals surface area contributed by atoms with Crippen LogP contribution in [0.4, 0.5) is 0 Å². The van der Waals surface area contributed by atoms with Crippen LogP contribution in [0.5, 0.6) is 0 Å². The zero-order chi connectivity index (χ0) is 13.0. The van der Waals surface area contributed by atoms with Crippen molar-refractivity contribution in [3.63, 3.8) is 0 Å². The molecule has 1 unspecified atom stereocenters. The number of halogens is 1.